The van der Waals surface area contributed by atoms with Crippen LogP contribution in [0.25, 0.3) is 0 Å². The smallest absolute Gasteiger partial charge is 0.307 e. The van der Waals surface area contributed by atoms with Crippen LogP contribution >= 0.6 is 0 Å². The maximum atomic E-state index is 12.6. The van der Waals surface area contributed by atoms with Gasteiger partial charge in [-0.1, -0.05) is 30.3 Å². The third-order valence-corrected chi connectivity index (χ3v) is 5.97. The van der Waals surface area contributed by atoms with E-state index in [0.717, 1.165) is 18.4 Å². The molecule has 1 fully saturated rings. The highest BCUT2D eigenvalue weighted by atomic mass is 32.2. The average Bonchev–Trinajstić information content (AvgIpc) is 3.51. The first kappa shape index (κ1) is 20.0. The van der Waals surface area contributed by atoms with Crippen LogP contribution in [0.2, 0.25) is 0 Å². The number of amides is 1. The van der Waals surface area contributed by atoms with E-state index >= 15 is 0 Å². The maximum Gasteiger partial charge on any atom is 0.307 e. The van der Waals surface area contributed by atoms with Gasteiger partial charge in [0, 0.05) is 11.6 Å². The van der Waals surface area contributed by atoms with E-state index in [1.165, 1.54) is 31.4 Å². The van der Waals surface area contributed by atoms with Crippen molar-refractivity contribution in [3.8, 4) is 0 Å². The number of carbonyl (C=O) groups is 2. The summed E-state index contributed by atoms with van der Waals surface area (Å²) in [5.74, 6) is -0.849. The largest absolute Gasteiger partial charge is 0.469 e. The quantitative estimate of drug-likeness (QED) is 0.659. The van der Waals surface area contributed by atoms with Crippen LogP contribution in [0.4, 0.5) is 0 Å². The highest BCUT2D eigenvalue weighted by molar-refractivity contribution is 7.89. The van der Waals surface area contributed by atoms with Crippen LogP contribution in [0, 0.1) is 0 Å². The van der Waals surface area contributed by atoms with Crippen LogP contribution in [0.3, 0.4) is 0 Å². The third kappa shape index (κ3) is 5.17. The fourth-order valence-electron chi connectivity index (χ4n) is 2.70. The van der Waals surface area contributed by atoms with Gasteiger partial charge in [0.2, 0.25) is 10.0 Å². The Kier molecular flexibility index (Phi) is 6.11. The summed E-state index contributed by atoms with van der Waals surface area (Å²) in [6.45, 7) is 0. The van der Waals surface area contributed by atoms with Gasteiger partial charge in [-0.25, -0.2) is 13.1 Å². The number of methoxy groups -OCH3 is 1. The second kappa shape index (κ2) is 8.53. The summed E-state index contributed by atoms with van der Waals surface area (Å²) in [6, 6.07) is 14.3. The van der Waals surface area contributed by atoms with Gasteiger partial charge < -0.3 is 10.1 Å². The van der Waals surface area contributed by atoms with Crippen molar-refractivity contribution in [1.82, 2.24) is 10.0 Å². The predicted molar refractivity (Wildman–Crippen MR) is 103 cm³/mol. The van der Waals surface area contributed by atoms with Crippen molar-refractivity contribution in [2.24, 2.45) is 0 Å². The minimum absolute atomic E-state index is 0.00990. The molecule has 0 aromatic heterocycles. The molecule has 0 radical (unpaired) electrons. The Labute approximate surface area is 164 Å². The second-order valence-electron chi connectivity index (χ2n) is 6.64. The monoisotopic (exact) mass is 402 g/mol. The van der Waals surface area contributed by atoms with Crippen molar-refractivity contribution in [2.75, 3.05) is 7.11 Å². The summed E-state index contributed by atoms with van der Waals surface area (Å²) in [5, 5.41) is 2.81. The van der Waals surface area contributed by atoms with E-state index in [-0.39, 0.29) is 17.4 Å². The van der Waals surface area contributed by atoms with Gasteiger partial charge in [0.25, 0.3) is 5.91 Å². The molecule has 1 aliphatic carbocycles. The normalized spacial score (nSPS) is 14.9. The molecular weight excluding hydrogens is 380 g/mol. The molecule has 0 unspecified atom stereocenters. The van der Waals surface area contributed by atoms with Crippen molar-refractivity contribution < 1.29 is 22.7 Å². The summed E-state index contributed by atoms with van der Waals surface area (Å²) < 4.78 is 31.7. The van der Waals surface area contributed by atoms with Crippen LogP contribution in [0.15, 0.2) is 59.5 Å². The molecule has 3 rings (SSSR count). The summed E-state index contributed by atoms with van der Waals surface area (Å²) in [7, 11) is -2.28. The van der Waals surface area contributed by atoms with Gasteiger partial charge in [-0.15, -0.1) is 0 Å². The fourth-order valence-corrected chi connectivity index (χ4v) is 4.01. The van der Waals surface area contributed by atoms with Gasteiger partial charge in [-0.3, -0.25) is 9.59 Å². The molecule has 0 spiro atoms. The molecule has 2 N–H and O–H groups in total. The molecule has 0 bridgehead atoms. The number of hydrogen-bond acceptors (Lipinski definition) is 5. The number of hydrogen-bond donors (Lipinski definition) is 2. The van der Waals surface area contributed by atoms with Crippen molar-refractivity contribution in [3.05, 3.63) is 65.7 Å². The van der Waals surface area contributed by atoms with Crippen LogP contribution in [-0.4, -0.2) is 33.4 Å². The summed E-state index contributed by atoms with van der Waals surface area (Å²) in [5.41, 5.74) is 1.07. The van der Waals surface area contributed by atoms with E-state index < -0.39 is 27.9 Å². The van der Waals surface area contributed by atoms with Crippen molar-refractivity contribution in [1.29, 1.82) is 0 Å². The Bertz CT molecular complexity index is 938. The predicted octanol–water partition coefficient (Wildman–Crippen LogP) is 2.16. The van der Waals surface area contributed by atoms with Crippen molar-refractivity contribution in [3.63, 3.8) is 0 Å². The molecule has 0 saturated heterocycles. The first-order valence-corrected chi connectivity index (χ1v) is 10.4. The first-order chi connectivity index (χ1) is 13.4. The fraction of sp³-hybridized carbons (Fsp3) is 0.300. The lowest BCUT2D eigenvalue weighted by molar-refractivity contribution is -0.141. The van der Waals surface area contributed by atoms with Crippen molar-refractivity contribution in [2.45, 2.75) is 36.2 Å². The SMILES string of the molecule is COC(=O)C[C@H](NC(=O)c1ccc(S(=O)(=O)NC2CC2)cc1)c1ccccc1. The molecule has 1 atom stereocenters. The summed E-state index contributed by atoms with van der Waals surface area (Å²) in [4.78, 5) is 24.4. The molecule has 0 heterocycles. The number of ether oxygens (including phenoxy) is 1. The van der Waals surface area contributed by atoms with E-state index in [4.69, 9.17) is 4.74 Å². The van der Waals surface area contributed by atoms with Gasteiger partial charge in [-0.2, -0.15) is 0 Å². The third-order valence-electron chi connectivity index (χ3n) is 4.43. The first-order valence-electron chi connectivity index (χ1n) is 8.94. The highest BCUT2D eigenvalue weighted by Crippen LogP contribution is 2.23. The molecule has 2 aromatic rings. The average molecular weight is 402 g/mol. The van der Waals surface area contributed by atoms with Crippen LogP contribution in [0.5, 0.6) is 0 Å². The van der Waals surface area contributed by atoms with Gasteiger partial charge in [-0.05, 0) is 42.7 Å². The van der Waals surface area contributed by atoms with Crippen LogP contribution in [-0.2, 0) is 19.6 Å². The zero-order valence-corrected chi connectivity index (χ0v) is 16.2. The van der Waals surface area contributed by atoms with E-state index in [9.17, 15) is 18.0 Å². The molecule has 8 heteroatoms. The zero-order valence-electron chi connectivity index (χ0n) is 15.4. The van der Waals surface area contributed by atoms with E-state index in [2.05, 4.69) is 10.0 Å². The lowest BCUT2D eigenvalue weighted by atomic mass is 10.0. The Balaban J connectivity index is 1.73. The second-order valence-corrected chi connectivity index (χ2v) is 8.35. The van der Waals surface area contributed by atoms with Crippen LogP contribution in [0.1, 0.15) is 41.2 Å². The molecule has 148 valence electrons. The van der Waals surface area contributed by atoms with E-state index in [0.29, 0.717) is 5.56 Å². The van der Waals surface area contributed by atoms with Gasteiger partial charge in [0.15, 0.2) is 0 Å². The lowest BCUT2D eigenvalue weighted by Gasteiger charge is -2.18. The Morgan fingerprint density at radius 2 is 1.71 bits per heavy atom. The van der Waals surface area contributed by atoms with Gasteiger partial charge in [0.1, 0.15) is 0 Å². The summed E-state index contributed by atoms with van der Waals surface area (Å²) >= 11 is 0. The number of benzene rings is 2. The molecule has 1 amide bonds. The summed E-state index contributed by atoms with van der Waals surface area (Å²) in [6.07, 6.45) is 1.69. The van der Waals surface area contributed by atoms with Crippen molar-refractivity contribution >= 4 is 21.9 Å². The van der Waals surface area contributed by atoms with Gasteiger partial charge in [0.05, 0.1) is 24.5 Å². The molecular formula is C20H22N2O5S. The lowest BCUT2D eigenvalue weighted by Crippen LogP contribution is -2.30. The Morgan fingerprint density at radius 3 is 2.29 bits per heavy atom. The molecule has 28 heavy (non-hydrogen) atoms. The Morgan fingerprint density at radius 1 is 1.07 bits per heavy atom. The minimum atomic E-state index is -3.57. The number of nitrogens with one attached hydrogen (secondary N) is 2. The molecule has 2 aromatic carbocycles. The van der Waals surface area contributed by atoms with Gasteiger partial charge >= 0.3 is 5.97 Å². The minimum Gasteiger partial charge on any atom is -0.469 e. The number of rotatable bonds is 8. The number of esters is 1. The zero-order chi connectivity index (χ0) is 20.1. The molecule has 1 aliphatic rings. The topological polar surface area (TPSA) is 102 Å². The molecule has 1 saturated carbocycles. The molecule has 7 nitrogen and oxygen atoms in total. The maximum absolute atomic E-state index is 12.6. The highest BCUT2D eigenvalue weighted by Gasteiger charge is 2.28. The standard InChI is InChI=1S/C20H22N2O5S/c1-27-19(23)13-18(14-5-3-2-4-6-14)21-20(24)15-7-11-17(12-8-15)28(25,26)22-16-9-10-16/h2-8,11-12,16,18,22H,9-10,13H2,1H3,(H,21,24)/t18-/m0/s1. The number of carbonyl (C=O) groups excluding carboxylic acids is 2. The van der Waals surface area contributed by atoms with E-state index in [1.807, 2.05) is 30.3 Å². The number of sulfonamides is 1. The Hall–Kier alpha value is -2.71. The van der Waals surface area contributed by atoms with Crippen LogP contribution < -0.4 is 10.0 Å². The van der Waals surface area contributed by atoms with E-state index in [1.54, 1.807) is 0 Å². The molecule has 0 aliphatic heterocycles.